The number of phenols is 1. The molecule has 2 aliphatic carbocycles. The van der Waals surface area contributed by atoms with Crippen LogP contribution in [0.2, 0.25) is 0 Å². The fourth-order valence-corrected chi connectivity index (χ4v) is 8.48. The van der Waals surface area contributed by atoms with Crippen molar-refractivity contribution in [2.45, 2.75) is 41.1 Å². The van der Waals surface area contributed by atoms with Gasteiger partial charge in [-0.15, -0.1) is 23.5 Å². The molecule has 186 valence electrons. The van der Waals surface area contributed by atoms with Gasteiger partial charge in [0.1, 0.15) is 5.75 Å². The minimum absolute atomic E-state index is 0.00893. The molecule has 0 bridgehead atoms. The quantitative estimate of drug-likeness (QED) is 0.398. The number of pyridine rings is 1. The van der Waals surface area contributed by atoms with E-state index in [0.717, 1.165) is 0 Å². The number of aromatic nitrogens is 1. The van der Waals surface area contributed by atoms with Gasteiger partial charge in [0.2, 0.25) is 0 Å². The normalized spacial score (nSPS) is 31.1. The number of nitrogens with zero attached hydrogens (tertiary/aromatic N) is 1. The van der Waals surface area contributed by atoms with Gasteiger partial charge in [0.15, 0.2) is 0 Å². The van der Waals surface area contributed by atoms with Crippen LogP contribution in [-0.4, -0.2) is 37.4 Å². The first-order chi connectivity index (χ1) is 16.8. The van der Waals surface area contributed by atoms with Crippen LogP contribution in [0.1, 0.15) is 25.0 Å². The third-order valence-corrected chi connectivity index (χ3v) is 10.8. The number of phenolic OH excluding ortho intramolecular Hbond substituents is 1. The molecule has 3 heterocycles. The first kappa shape index (κ1) is 23.8. The van der Waals surface area contributed by atoms with Crippen molar-refractivity contribution < 1.29 is 31.4 Å². The van der Waals surface area contributed by atoms with Gasteiger partial charge in [-0.1, -0.05) is 12.1 Å². The van der Waals surface area contributed by atoms with Crippen LogP contribution >= 0.6 is 23.5 Å². The molecule has 1 aromatic heterocycles. The van der Waals surface area contributed by atoms with Crippen LogP contribution in [0.4, 0.5) is 26.3 Å². The number of alkyl halides is 6. The Kier molecular flexibility index (Phi) is 4.65. The molecule has 6 rings (SSSR count). The molecule has 0 unspecified atom stereocenters. The zero-order valence-corrected chi connectivity index (χ0v) is 20.4. The van der Waals surface area contributed by atoms with E-state index < -0.39 is 38.4 Å². The smallest absolute Gasteiger partial charge is 0.380 e. The highest BCUT2D eigenvalue weighted by Gasteiger charge is 2.84. The summed E-state index contributed by atoms with van der Waals surface area (Å²) in [4.78, 5) is 4.93. The Morgan fingerprint density at radius 1 is 0.667 bits per heavy atom. The van der Waals surface area contributed by atoms with E-state index in [1.807, 2.05) is 0 Å². The lowest BCUT2D eigenvalue weighted by atomic mass is 9.71. The van der Waals surface area contributed by atoms with Gasteiger partial charge in [0, 0.05) is 33.4 Å². The number of aromatic hydroxyl groups is 1. The maximum Gasteiger partial charge on any atom is 0.380 e. The fraction of sp³-hybridized carbons (Fsp3) is 0.269. The molecule has 2 nitrogen and oxygen atoms in total. The monoisotopic (exact) mass is 537 g/mol. The Hall–Kier alpha value is -2.59. The topological polar surface area (TPSA) is 33.1 Å². The number of hydrogen-bond acceptors (Lipinski definition) is 4. The van der Waals surface area contributed by atoms with E-state index >= 15 is 17.6 Å². The van der Waals surface area contributed by atoms with Crippen LogP contribution in [0.25, 0.3) is 9.81 Å². The summed E-state index contributed by atoms with van der Waals surface area (Å²) in [6.45, 7) is 3.29. The van der Waals surface area contributed by atoms with Gasteiger partial charge in [0.05, 0.1) is 9.49 Å². The molecule has 36 heavy (non-hydrogen) atoms. The molecule has 1 N–H and O–H groups in total. The summed E-state index contributed by atoms with van der Waals surface area (Å²) in [6.07, 6.45) is 5.69. The van der Waals surface area contributed by atoms with Gasteiger partial charge < -0.3 is 5.11 Å². The average Bonchev–Trinajstić information content (AvgIpc) is 3.40. The summed E-state index contributed by atoms with van der Waals surface area (Å²) in [5, 5.41) is 9.64. The predicted octanol–water partition coefficient (Wildman–Crippen LogP) is 7.71. The maximum absolute atomic E-state index is 15.3. The molecular weight excluding hydrogens is 520 g/mol. The molecule has 1 saturated carbocycles. The number of benzene rings is 1. The fourth-order valence-electron chi connectivity index (χ4n) is 5.34. The Morgan fingerprint density at radius 3 is 1.53 bits per heavy atom. The summed E-state index contributed by atoms with van der Waals surface area (Å²) < 4.78 is 88.3. The molecule has 0 spiro atoms. The molecule has 2 atom stereocenters. The molecule has 0 amide bonds. The van der Waals surface area contributed by atoms with Crippen molar-refractivity contribution >= 4 is 33.3 Å². The maximum atomic E-state index is 15.3. The summed E-state index contributed by atoms with van der Waals surface area (Å²) >= 11 is 2.38. The highest BCUT2D eigenvalue weighted by molar-refractivity contribution is 8.14. The molecule has 2 aromatic rings. The molecule has 1 aromatic carbocycles. The summed E-state index contributed by atoms with van der Waals surface area (Å²) in [7, 11) is 0. The lowest BCUT2D eigenvalue weighted by molar-refractivity contribution is -0.258. The number of halogens is 6. The van der Waals surface area contributed by atoms with Gasteiger partial charge >= 0.3 is 17.8 Å². The van der Waals surface area contributed by atoms with Crippen molar-refractivity contribution in [3.63, 3.8) is 0 Å². The van der Waals surface area contributed by atoms with E-state index in [9.17, 15) is 13.9 Å². The largest absolute Gasteiger partial charge is 0.508 e. The molecule has 0 saturated heterocycles. The van der Waals surface area contributed by atoms with Crippen molar-refractivity contribution in [2.75, 3.05) is 0 Å². The second-order valence-electron chi connectivity index (χ2n) is 9.37. The van der Waals surface area contributed by atoms with Crippen LogP contribution in [0.5, 0.6) is 5.75 Å². The third kappa shape index (κ3) is 2.66. The van der Waals surface area contributed by atoms with Gasteiger partial charge in [0.25, 0.3) is 0 Å². The second kappa shape index (κ2) is 7.04. The minimum Gasteiger partial charge on any atom is -0.508 e. The van der Waals surface area contributed by atoms with Crippen molar-refractivity contribution in [1.29, 1.82) is 0 Å². The van der Waals surface area contributed by atoms with E-state index in [1.54, 1.807) is 38.1 Å². The highest BCUT2D eigenvalue weighted by atomic mass is 32.2. The van der Waals surface area contributed by atoms with E-state index in [4.69, 9.17) is 0 Å². The summed E-state index contributed by atoms with van der Waals surface area (Å²) in [5.74, 6) is -15.7. The first-order valence-electron chi connectivity index (χ1n) is 10.9. The molecule has 4 aliphatic rings. The zero-order valence-electron chi connectivity index (χ0n) is 18.8. The van der Waals surface area contributed by atoms with Crippen molar-refractivity contribution in [2.24, 2.45) is 0 Å². The predicted molar refractivity (Wildman–Crippen MR) is 129 cm³/mol. The van der Waals surface area contributed by atoms with Crippen molar-refractivity contribution in [1.82, 2.24) is 4.98 Å². The molecule has 0 radical (unpaired) electrons. The SMILES string of the molecule is C[C@@]12SC(c3ccncc3)=CC1=C1C(=C3C=C(c4ccc(O)cc4)S[C@]32C)C(F)(F)C(F)(F)C1(F)F. The van der Waals surface area contributed by atoms with E-state index in [2.05, 4.69) is 4.98 Å². The van der Waals surface area contributed by atoms with Crippen LogP contribution in [0, 0.1) is 0 Å². The Bertz CT molecular complexity index is 1440. The van der Waals surface area contributed by atoms with Crippen molar-refractivity contribution in [3.8, 4) is 5.75 Å². The van der Waals surface area contributed by atoms with Crippen LogP contribution < -0.4 is 0 Å². The highest BCUT2D eigenvalue weighted by Crippen LogP contribution is 2.75. The molecule has 2 aliphatic heterocycles. The Labute approximate surface area is 210 Å². The van der Waals surface area contributed by atoms with E-state index in [0.29, 0.717) is 20.9 Å². The lowest BCUT2D eigenvalue weighted by Gasteiger charge is -2.47. The summed E-state index contributed by atoms with van der Waals surface area (Å²) in [6, 6.07) is 9.26. The second-order valence-corrected chi connectivity index (χ2v) is 12.3. The lowest BCUT2D eigenvalue weighted by Crippen LogP contribution is -2.48. The van der Waals surface area contributed by atoms with Gasteiger partial charge in [-0.05, 0) is 72.5 Å². The average molecular weight is 538 g/mol. The van der Waals surface area contributed by atoms with Gasteiger partial charge in [-0.25, -0.2) is 0 Å². The van der Waals surface area contributed by atoms with E-state index in [1.165, 1.54) is 60.2 Å². The first-order valence-corrected chi connectivity index (χ1v) is 12.5. The van der Waals surface area contributed by atoms with Crippen LogP contribution in [0.15, 0.2) is 83.2 Å². The molecule has 1 fully saturated rings. The summed E-state index contributed by atoms with van der Waals surface area (Å²) in [5.41, 5.74) is -1.83. The van der Waals surface area contributed by atoms with E-state index in [-0.39, 0.29) is 16.9 Å². The number of fused-ring (bicyclic) bond motifs is 4. The zero-order chi connectivity index (χ0) is 25.9. The third-order valence-electron chi connectivity index (χ3n) is 7.44. The standard InChI is InChI=1S/C26H17F6NOS2/c1-22-16(11-18(35-22)13-3-5-15(34)6-4-13)20-21(25(29,30)26(31,32)24(20,27)28)17-12-19(36-23(17,22)2)14-7-9-33-10-8-14/h3-12,34H,1-2H3/t22-,23-/m1/s1. The van der Waals surface area contributed by atoms with Crippen molar-refractivity contribution in [3.05, 3.63) is 94.4 Å². The van der Waals surface area contributed by atoms with Gasteiger partial charge in [-0.3, -0.25) is 4.98 Å². The van der Waals surface area contributed by atoms with Crippen LogP contribution in [0.3, 0.4) is 0 Å². The van der Waals surface area contributed by atoms with Gasteiger partial charge in [-0.2, -0.15) is 26.3 Å². The number of rotatable bonds is 2. The number of hydrogen-bond donors (Lipinski definition) is 1. The Morgan fingerprint density at radius 2 is 1.08 bits per heavy atom. The molecular formula is C26H17F6NOS2. The minimum atomic E-state index is -5.59. The number of allylic oxidation sites excluding steroid dienone is 4. The number of thioether (sulfide) groups is 2. The Balaban J connectivity index is 1.66. The van der Waals surface area contributed by atoms with Crippen LogP contribution in [-0.2, 0) is 0 Å². The molecule has 10 heteroatoms.